The third kappa shape index (κ3) is 3.20. The molecule has 3 aliphatic rings. The molecule has 2 bridgehead atoms. The van der Waals surface area contributed by atoms with E-state index < -0.39 is 0 Å². The van der Waals surface area contributed by atoms with E-state index in [1.165, 1.54) is 30.8 Å². The lowest BCUT2D eigenvalue weighted by Crippen LogP contribution is -2.53. The number of nitrogens with two attached hydrogens (primary N) is 1. The van der Waals surface area contributed by atoms with Crippen LogP contribution in [0.3, 0.4) is 0 Å². The van der Waals surface area contributed by atoms with Crippen LogP contribution in [0.15, 0.2) is 23.1 Å². The van der Waals surface area contributed by atoms with E-state index in [9.17, 15) is 0 Å². The van der Waals surface area contributed by atoms with E-state index in [4.69, 9.17) is 18.0 Å². The Kier molecular flexibility index (Phi) is 4.72. The van der Waals surface area contributed by atoms with Gasteiger partial charge in [0, 0.05) is 28.7 Å². The molecule has 3 aliphatic heterocycles. The van der Waals surface area contributed by atoms with Crippen molar-refractivity contribution in [3.8, 4) is 0 Å². The maximum atomic E-state index is 5.99. The summed E-state index contributed by atoms with van der Waals surface area (Å²) in [5.74, 6) is 1.82. The van der Waals surface area contributed by atoms with Crippen LogP contribution < -0.4 is 11.1 Å². The van der Waals surface area contributed by atoms with Crippen molar-refractivity contribution in [1.82, 2.24) is 4.90 Å². The van der Waals surface area contributed by atoms with E-state index >= 15 is 0 Å². The summed E-state index contributed by atoms with van der Waals surface area (Å²) in [6.45, 7) is 5.82. The van der Waals surface area contributed by atoms with Crippen molar-refractivity contribution in [2.45, 2.75) is 30.7 Å². The van der Waals surface area contributed by atoms with Crippen molar-refractivity contribution >= 4 is 34.7 Å². The Labute approximate surface area is 136 Å². The van der Waals surface area contributed by atoms with E-state index in [1.54, 1.807) is 11.8 Å². The highest BCUT2D eigenvalue weighted by atomic mass is 32.2. The lowest BCUT2D eigenvalue weighted by molar-refractivity contribution is 0.0975. The van der Waals surface area contributed by atoms with Crippen molar-refractivity contribution in [3.05, 3.63) is 23.8 Å². The summed E-state index contributed by atoms with van der Waals surface area (Å²) in [6.07, 6.45) is 2.62. The summed E-state index contributed by atoms with van der Waals surface area (Å²) in [6, 6.07) is 6.86. The van der Waals surface area contributed by atoms with Crippen LogP contribution in [0.4, 0.5) is 5.69 Å². The Morgan fingerprint density at radius 2 is 2.19 bits per heavy atom. The molecule has 21 heavy (non-hydrogen) atoms. The van der Waals surface area contributed by atoms with Crippen LogP contribution in [0.25, 0.3) is 0 Å². The maximum Gasteiger partial charge on any atom is 0.107 e. The number of nitrogens with zero attached hydrogens (tertiary/aromatic N) is 1. The van der Waals surface area contributed by atoms with Gasteiger partial charge in [-0.15, -0.1) is 11.8 Å². The Morgan fingerprint density at radius 1 is 1.43 bits per heavy atom. The molecule has 3 N–H and O–H groups in total. The molecule has 3 heterocycles. The van der Waals surface area contributed by atoms with Gasteiger partial charge in [-0.3, -0.25) is 0 Å². The van der Waals surface area contributed by atoms with Crippen molar-refractivity contribution < 1.29 is 0 Å². The number of nitrogens with one attached hydrogen (secondary N) is 1. The third-order valence-electron chi connectivity index (χ3n) is 4.57. The maximum absolute atomic E-state index is 5.99. The van der Waals surface area contributed by atoms with Crippen LogP contribution >= 0.6 is 24.0 Å². The number of anilines is 1. The molecular formula is C16H23N3S2. The average Bonchev–Trinajstić information content (AvgIpc) is 2.48. The van der Waals surface area contributed by atoms with Gasteiger partial charge in [-0.05, 0) is 49.7 Å². The van der Waals surface area contributed by atoms with Gasteiger partial charge in [0.05, 0.1) is 0 Å². The smallest absolute Gasteiger partial charge is 0.107 e. The van der Waals surface area contributed by atoms with Gasteiger partial charge in [0.1, 0.15) is 4.99 Å². The topological polar surface area (TPSA) is 41.3 Å². The zero-order chi connectivity index (χ0) is 14.8. The fourth-order valence-electron chi connectivity index (χ4n) is 3.51. The summed E-state index contributed by atoms with van der Waals surface area (Å²) in [5, 5.41) is 3.74. The molecule has 0 saturated carbocycles. The van der Waals surface area contributed by atoms with Crippen molar-refractivity contribution in [2.75, 3.05) is 30.7 Å². The number of benzene rings is 1. The monoisotopic (exact) mass is 321 g/mol. The summed E-state index contributed by atoms with van der Waals surface area (Å²) < 4.78 is 0. The van der Waals surface area contributed by atoms with E-state index in [0.717, 1.165) is 29.5 Å². The number of rotatable bonds is 5. The number of piperidine rings is 3. The standard InChI is InChI=1S/C16H23N3S2/c1-2-21-14-5-3-4-12(15(14)16(17)20)18-13-10-19-8-6-11(13)7-9-19/h3-5,11,13,18H,2,6-10H2,1H3,(H2,17,20). The SMILES string of the molecule is CCSc1cccc(NC2CN3CCC2CC3)c1C(N)=S. The number of thiocarbonyl (C=S) groups is 1. The van der Waals surface area contributed by atoms with E-state index in [-0.39, 0.29) is 0 Å². The van der Waals surface area contributed by atoms with Gasteiger partial charge in [0.15, 0.2) is 0 Å². The number of hydrogen-bond donors (Lipinski definition) is 2. The molecule has 114 valence electrons. The first-order valence-corrected chi connectivity index (χ1v) is 9.13. The molecule has 3 saturated heterocycles. The van der Waals surface area contributed by atoms with Gasteiger partial charge in [-0.2, -0.15) is 0 Å². The second kappa shape index (κ2) is 6.55. The highest BCUT2D eigenvalue weighted by molar-refractivity contribution is 7.99. The first-order chi connectivity index (χ1) is 10.2. The highest BCUT2D eigenvalue weighted by Gasteiger charge is 2.34. The van der Waals surface area contributed by atoms with Crippen LogP contribution in [-0.4, -0.2) is 41.3 Å². The number of thioether (sulfide) groups is 1. The fraction of sp³-hybridized carbons (Fsp3) is 0.562. The molecule has 0 amide bonds. The highest BCUT2D eigenvalue weighted by Crippen LogP contribution is 2.33. The minimum absolute atomic E-state index is 0.496. The molecule has 5 heteroatoms. The molecule has 1 aromatic rings. The lowest BCUT2D eigenvalue weighted by Gasteiger charge is -2.45. The number of hydrogen-bond acceptors (Lipinski definition) is 4. The molecule has 1 aromatic carbocycles. The Hall–Kier alpha value is -0.780. The first kappa shape index (κ1) is 15.1. The molecule has 0 radical (unpaired) electrons. The van der Waals surface area contributed by atoms with Gasteiger partial charge >= 0.3 is 0 Å². The minimum atomic E-state index is 0.496. The van der Waals surface area contributed by atoms with Crippen LogP contribution in [-0.2, 0) is 0 Å². The molecule has 3 nitrogen and oxygen atoms in total. The Balaban J connectivity index is 1.84. The normalized spacial score (nSPS) is 27.6. The lowest BCUT2D eigenvalue weighted by atomic mass is 9.84. The summed E-state index contributed by atoms with van der Waals surface area (Å²) in [4.78, 5) is 4.24. The zero-order valence-corrected chi connectivity index (χ0v) is 14.1. The molecule has 0 aromatic heterocycles. The molecular weight excluding hydrogens is 298 g/mol. The van der Waals surface area contributed by atoms with E-state index in [2.05, 4.69) is 35.3 Å². The van der Waals surface area contributed by atoms with Gasteiger partial charge < -0.3 is 16.0 Å². The summed E-state index contributed by atoms with van der Waals surface area (Å²) in [5.41, 5.74) is 8.13. The second-order valence-corrected chi connectivity index (χ2v) is 7.61. The first-order valence-electron chi connectivity index (χ1n) is 7.73. The zero-order valence-electron chi connectivity index (χ0n) is 12.5. The van der Waals surface area contributed by atoms with Crippen molar-refractivity contribution in [1.29, 1.82) is 0 Å². The molecule has 1 atom stereocenters. The predicted octanol–water partition coefficient (Wildman–Crippen LogP) is 2.94. The van der Waals surface area contributed by atoms with Gasteiger partial charge in [0.25, 0.3) is 0 Å². The number of fused-ring (bicyclic) bond motifs is 3. The molecule has 1 unspecified atom stereocenters. The van der Waals surface area contributed by atoms with Gasteiger partial charge in [0.2, 0.25) is 0 Å². The second-order valence-electron chi connectivity index (χ2n) is 5.86. The summed E-state index contributed by atoms with van der Waals surface area (Å²) >= 11 is 7.10. The van der Waals surface area contributed by atoms with E-state index in [1.807, 2.05) is 0 Å². The quantitative estimate of drug-likeness (QED) is 0.645. The molecule has 0 spiro atoms. The van der Waals surface area contributed by atoms with Crippen LogP contribution in [0, 0.1) is 5.92 Å². The van der Waals surface area contributed by atoms with Crippen LogP contribution in [0.1, 0.15) is 25.3 Å². The third-order valence-corrected chi connectivity index (χ3v) is 5.71. The predicted molar refractivity (Wildman–Crippen MR) is 95.3 cm³/mol. The summed E-state index contributed by atoms with van der Waals surface area (Å²) in [7, 11) is 0. The molecule has 0 aliphatic carbocycles. The van der Waals surface area contributed by atoms with Crippen LogP contribution in [0.2, 0.25) is 0 Å². The Morgan fingerprint density at radius 3 is 2.76 bits per heavy atom. The van der Waals surface area contributed by atoms with Gasteiger partial charge in [-0.1, -0.05) is 25.2 Å². The van der Waals surface area contributed by atoms with Crippen molar-refractivity contribution in [2.24, 2.45) is 11.7 Å². The van der Waals surface area contributed by atoms with E-state index in [0.29, 0.717) is 11.0 Å². The molecule has 4 rings (SSSR count). The van der Waals surface area contributed by atoms with Crippen LogP contribution in [0.5, 0.6) is 0 Å². The largest absolute Gasteiger partial charge is 0.389 e. The van der Waals surface area contributed by atoms with Crippen molar-refractivity contribution in [3.63, 3.8) is 0 Å². The minimum Gasteiger partial charge on any atom is -0.389 e. The molecule has 3 fully saturated rings. The average molecular weight is 322 g/mol. The van der Waals surface area contributed by atoms with Gasteiger partial charge in [-0.25, -0.2) is 0 Å². The fourth-order valence-corrected chi connectivity index (χ4v) is 4.64. The Bertz CT molecular complexity index is 524.